The average Bonchev–Trinajstić information content (AvgIpc) is 2.37. The summed E-state index contributed by atoms with van der Waals surface area (Å²) in [6.45, 7) is 2.55. The van der Waals surface area contributed by atoms with E-state index in [1.54, 1.807) is 11.8 Å². The first kappa shape index (κ1) is 17.0. The number of carbonyl (C=O) groups excluding carboxylic acids is 1. The lowest BCUT2D eigenvalue weighted by atomic mass is 10.1. The minimum Gasteiger partial charge on any atom is -0.356 e. The fraction of sp³-hybridized carbons (Fsp3) is 0.533. The molecule has 1 aromatic rings. The van der Waals surface area contributed by atoms with Crippen molar-refractivity contribution in [2.45, 2.75) is 32.6 Å². The third-order valence-electron chi connectivity index (χ3n) is 2.77. The summed E-state index contributed by atoms with van der Waals surface area (Å²) in [7, 11) is 0. The summed E-state index contributed by atoms with van der Waals surface area (Å²) >= 11 is 1.78. The molecule has 0 bridgehead atoms. The van der Waals surface area contributed by atoms with E-state index in [9.17, 15) is 13.6 Å². The molecule has 0 heterocycles. The van der Waals surface area contributed by atoms with Crippen LogP contribution in [-0.2, 0) is 11.2 Å². The monoisotopic (exact) mass is 301 g/mol. The fourth-order valence-electron chi connectivity index (χ4n) is 1.70. The van der Waals surface area contributed by atoms with Crippen molar-refractivity contribution >= 4 is 17.7 Å². The summed E-state index contributed by atoms with van der Waals surface area (Å²) in [5.41, 5.74) is 0.556. The number of hydrogen-bond donors (Lipinski definition) is 1. The molecule has 0 saturated heterocycles. The highest BCUT2D eigenvalue weighted by atomic mass is 32.2. The molecule has 1 amide bonds. The number of unbranched alkanes of at least 4 members (excludes halogenated alkanes) is 1. The van der Waals surface area contributed by atoms with E-state index in [4.69, 9.17) is 0 Å². The van der Waals surface area contributed by atoms with Crippen LogP contribution in [0.3, 0.4) is 0 Å². The molecule has 0 saturated carbocycles. The van der Waals surface area contributed by atoms with E-state index in [1.165, 1.54) is 25.0 Å². The van der Waals surface area contributed by atoms with Crippen LogP contribution in [-0.4, -0.2) is 24.0 Å². The van der Waals surface area contributed by atoms with Gasteiger partial charge in [-0.25, -0.2) is 8.78 Å². The fourth-order valence-corrected chi connectivity index (χ4v) is 2.73. The number of benzene rings is 1. The highest BCUT2D eigenvalue weighted by Gasteiger charge is 2.03. The molecule has 2 nitrogen and oxygen atoms in total. The second kappa shape index (κ2) is 9.75. The second-order valence-corrected chi connectivity index (χ2v) is 5.82. The van der Waals surface area contributed by atoms with Crippen LogP contribution in [0.15, 0.2) is 18.2 Å². The molecule has 1 aromatic carbocycles. The number of nitrogens with one attached hydrogen (secondary N) is 1. The average molecular weight is 301 g/mol. The number of amides is 1. The number of carbonyl (C=O) groups is 1. The van der Waals surface area contributed by atoms with Gasteiger partial charge in [-0.3, -0.25) is 4.79 Å². The van der Waals surface area contributed by atoms with E-state index in [0.717, 1.165) is 17.6 Å². The van der Waals surface area contributed by atoms with E-state index in [1.807, 2.05) is 0 Å². The first-order chi connectivity index (χ1) is 9.61. The van der Waals surface area contributed by atoms with Gasteiger partial charge in [0.25, 0.3) is 0 Å². The van der Waals surface area contributed by atoms with Crippen LogP contribution >= 0.6 is 11.8 Å². The van der Waals surface area contributed by atoms with Crippen molar-refractivity contribution in [2.24, 2.45) is 0 Å². The highest BCUT2D eigenvalue weighted by molar-refractivity contribution is 7.99. The third-order valence-corrected chi connectivity index (χ3v) is 3.84. The Morgan fingerprint density at radius 1 is 1.20 bits per heavy atom. The van der Waals surface area contributed by atoms with E-state index >= 15 is 0 Å². The van der Waals surface area contributed by atoms with Gasteiger partial charge in [0.1, 0.15) is 11.6 Å². The van der Waals surface area contributed by atoms with E-state index in [2.05, 4.69) is 12.2 Å². The molecule has 20 heavy (non-hydrogen) atoms. The lowest BCUT2D eigenvalue weighted by Gasteiger charge is -2.06. The van der Waals surface area contributed by atoms with Gasteiger partial charge in [0.05, 0.1) is 0 Å². The van der Waals surface area contributed by atoms with Crippen LogP contribution in [0, 0.1) is 11.6 Å². The molecule has 112 valence electrons. The molecule has 0 aliphatic heterocycles. The zero-order valence-electron chi connectivity index (χ0n) is 11.8. The molecule has 0 unspecified atom stereocenters. The Bertz CT molecular complexity index is 406. The Morgan fingerprint density at radius 3 is 2.55 bits per heavy atom. The number of hydrogen-bond acceptors (Lipinski definition) is 2. The first-order valence-corrected chi connectivity index (χ1v) is 8.06. The Kier molecular flexibility index (Phi) is 8.26. The van der Waals surface area contributed by atoms with Gasteiger partial charge in [-0.05, 0) is 36.3 Å². The Balaban J connectivity index is 2.15. The van der Waals surface area contributed by atoms with Crippen LogP contribution in [0.4, 0.5) is 8.78 Å². The minimum absolute atomic E-state index is 0.00845. The van der Waals surface area contributed by atoms with Crippen molar-refractivity contribution in [1.82, 2.24) is 5.32 Å². The maximum Gasteiger partial charge on any atom is 0.220 e. The van der Waals surface area contributed by atoms with E-state index < -0.39 is 11.6 Å². The molecule has 0 aliphatic carbocycles. The summed E-state index contributed by atoms with van der Waals surface area (Å²) in [5.74, 6) is 0.732. The lowest BCUT2D eigenvalue weighted by Crippen LogP contribution is -2.26. The summed E-state index contributed by atoms with van der Waals surface area (Å²) in [5, 5.41) is 2.76. The summed E-state index contributed by atoms with van der Waals surface area (Å²) in [6.07, 6.45) is 3.27. The van der Waals surface area contributed by atoms with Crippen LogP contribution in [0.5, 0.6) is 0 Å². The second-order valence-electron chi connectivity index (χ2n) is 4.59. The summed E-state index contributed by atoms with van der Waals surface area (Å²) < 4.78 is 25.9. The maximum absolute atomic E-state index is 13.0. The first-order valence-electron chi connectivity index (χ1n) is 6.91. The SMILES string of the molecule is CCCCSCCC(=O)NCCc1cc(F)cc(F)c1. The Morgan fingerprint density at radius 2 is 1.90 bits per heavy atom. The van der Waals surface area contributed by atoms with Gasteiger partial charge in [-0.2, -0.15) is 11.8 Å². The Labute approximate surface area is 123 Å². The van der Waals surface area contributed by atoms with E-state index in [-0.39, 0.29) is 5.91 Å². The minimum atomic E-state index is -0.585. The van der Waals surface area contributed by atoms with Crippen molar-refractivity contribution in [1.29, 1.82) is 0 Å². The molecule has 0 aliphatic rings. The van der Waals surface area contributed by atoms with Gasteiger partial charge in [-0.1, -0.05) is 13.3 Å². The van der Waals surface area contributed by atoms with Crippen LogP contribution in [0.1, 0.15) is 31.7 Å². The molecule has 1 rings (SSSR count). The van der Waals surface area contributed by atoms with Crippen LogP contribution in [0.2, 0.25) is 0 Å². The van der Waals surface area contributed by atoms with Gasteiger partial charge in [-0.15, -0.1) is 0 Å². The van der Waals surface area contributed by atoms with Gasteiger partial charge in [0, 0.05) is 24.8 Å². The maximum atomic E-state index is 13.0. The highest BCUT2D eigenvalue weighted by Crippen LogP contribution is 2.08. The topological polar surface area (TPSA) is 29.1 Å². The number of halogens is 2. The molecular weight excluding hydrogens is 280 g/mol. The molecule has 5 heteroatoms. The molecule has 0 spiro atoms. The smallest absolute Gasteiger partial charge is 0.220 e. The third kappa shape index (κ3) is 7.48. The van der Waals surface area contributed by atoms with Gasteiger partial charge < -0.3 is 5.32 Å². The van der Waals surface area contributed by atoms with Crippen molar-refractivity contribution in [3.05, 3.63) is 35.4 Å². The standard InChI is InChI=1S/C15H21F2NOS/c1-2-3-7-20-8-5-15(19)18-6-4-12-9-13(16)11-14(17)10-12/h9-11H,2-8H2,1H3,(H,18,19). The molecule has 0 radical (unpaired) electrons. The largest absolute Gasteiger partial charge is 0.356 e. The summed E-state index contributed by atoms with van der Waals surface area (Å²) in [6, 6.07) is 3.42. The molecule has 0 fully saturated rings. The normalized spacial score (nSPS) is 10.6. The van der Waals surface area contributed by atoms with Crippen LogP contribution < -0.4 is 5.32 Å². The quantitative estimate of drug-likeness (QED) is 0.707. The molecule has 0 aromatic heterocycles. The lowest BCUT2D eigenvalue weighted by molar-refractivity contribution is -0.120. The van der Waals surface area contributed by atoms with Gasteiger partial charge in [0.15, 0.2) is 0 Å². The molecule has 0 atom stereocenters. The van der Waals surface area contributed by atoms with E-state index in [0.29, 0.717) is 24.9 Å². The molecule has 1 N–H and O–H groups in total. The van der Waals surface area contributed by atoms with Crippen LogP contribution in [0.25, 0.3) is 0 Å². The summed E-state index contributed by atoms with van der Waals surface area (Å²) in [4.78, 5) is 11.5. The number of rotatable bonds is 9. The zero-order chi connectivity index (χ0) is 14.8. The van der Waals surface area contributed by atoms with Crippen molar-refractivity contribution in [2.75, 3.05) is 18.1 Å². The number of thioether (sulfide) groups is 1. The molecular formula is C15H21F2NOS. The van der Waals surface area contributed by atoms with Crippen molar-refractivity contribution < 1.29 is 13.6 Å². The van der Waals surface area contributed by atoms with Gasteiger partial charge >= 0.3 is 0 Å². The van der Waals surface area contributed by atoms with Gasteiger partial charge in [0.2, 0.25) is 5.91 Å². The van der Waals surface area contributed by atoms with Crippen molar-refractivity contribution in [3.63, 3.8) is 0 Å². The Hall–Kier alpha value is -1.10. The predicted molar refractivity (Wildman–Crippen MR) is 79.9 cm³/mol. The predicted octanol–water partition coefficient (Wildman–Crippen LogP) is 3.55. The van der Waals surface area contributed by atoms with Crippen molar-refractivity contribution in [3.8, 4) is 0 Å². The zero-order valence-corrected chi connectivity index (χ0v) is 12.6.